The van der Waals surface area contributed by atoms with Crippen molar-refractivity contribution in [2.75, 3.05) is 37.4 Å². The third-order valence-electron chi connectivity index (χ3n) is 3.45. The Bertz CT molecular complexity index is 574. The van der Waals surface area contributed by atoms with Gasteiger partial charge in [-0.05, 0) is 31.7 Å². The minimum absolute atomic E-state index is 0.673. The van der Waals surface area contributed by atoms with E-state index in [1.165, 1.54) is 5.56 Å². The summed E-state index contributed by atoms with van der Waals surface area (Å²) in [6.07, 6.45) is 3.08. The van der Waals surface area contributed by atoms with Crippen LogP contribution in [0.1, 0.15) is 24.1 Å². The second-order valence-corrected chi connectivity index (χ2v) is 5.51. The molecule has 0 aliphatic rings. The molecule has 0 fully saturated rings. The number of benzene rings is 1. The first kappa shape index (κ1) is 17.2. The Kier molecular flexibility index (Phi) is 7.33. The molecule has 0 bridgehead atoms. The Morgan fingerprint density at radius 3 is 2.57 bits per heavy atom. The minimum atomic E-state index is 0.673. The second kappa shape index (κ2) is 9.79. The van der Waals surface area contributed by atoms with Crippen LogP contribution in [0.4, 0.5) is 11.8 Å². The zero-order chi connectivity index (χ0) is 16.3. The molecule has 0 aliphatic heterocycles. The summed E-state index contributed by atoms with van der Waals surface area (Å²) in [7, 11) is 1.71. The summed E-state index contributed by atoms with van der Waals surface area (Å²) < 4.78 is 5.04. The normalized spacial score (nSPS) is 10.5. The van der Waals surface area contributed by atoms with Gasteiger partial charge in [-0.1, -0.05) is 30.3 Å². The summed E-state index contributed by atoms with van der Waals surface area (Å²) in [5, 5.41) is 6.62. The zero-order valence-corrected chi connectivity index (χ0v) is 14.0. The maximum Gasteiger partial charge on any atom is 0.224 e. The van der Waals surface area contributed by atoms with Crippen molar-refractivity contribution in [3.8, 4) is 0 Å². The first-order valence-corrected chi connectivity index (χ1v) is 8.14. The number of ether oxygens (including phenoxy) is 1. The summed E-state index contributed by atoms with van der Waals surface area (Å²) in [4.78, 5) is 8.91. The van der Waals surface area contributed by atoms with Gasteiger partial charge >= 0.3 is 0 Å². The van der Waals surface area contributed by atoms with E-state index in [0.717, 1.165) is 50.5 Å². The molecule has 2 aromatic rings. The number of anilines is 2. The van der Waals surface area contributed by atoms with E-state index in [0.29, 0.717) is 5.95 Å². The SMILES string of the molecule is COCCCNc1nc(C)cc(NCCCc2ccccc2)n1. The van der Waals surface area contributed by atoms with Gasteiger partial charge in [0.15, 0.2) is 0 Å². The van der Waals surface area contributed by atoms with Gasteiger partial charge < -0.3 is 15.4 Å². The van der Waals surface area contributed by atoms with E-state index in [-0.39, 0.29) is 0 Å². The molecule has 2 N–H and O–H groups in total. The lowest BCUT2D eigenvalue weighted by molar-refractivity contribution is 0.197. The van der Waals surface area contributed by atoms with E-state index in [2.05, 4.69) is 44.9 Å². The molecule has 0 saturated heterocycles. The average molecular weight is 314 g/mol. The van der Waals surface area contributed by atoms with Gasteiger partial charge in [0.05, 0.1) is 0 Å². The number of nitrogens with one attached hydrogen (secondary N) is 2. The van der Waals surface area contributed by atoms with Gasteiger partial charge in [0, 0.05) is 38.6 Å². The Hall–Kier alpha value is -2.14. The fourth-order valence-electron chi connectivity index (χ4n) is 2.31. The molecule has 0 spiro atoms. The molecule has 0 radical (unpaired) electrons. The van der Waals surface area contributed by atoms with Crippen molar-refractivity contribution in [3.63, 3.8) is 0 Å². The molecule has 124 valence electrons. The van der Waals surface area contributed by atoms with Crippen molar-refractivity contribution in [2.45, 2.75) is 26.2 Å². The Morgan fingerprint density at radius 1 is 1.00 bits per heavy atom. The standard InChI is InChI=1S/C18H26N4O/c1-15-14-17(22-18(21-15)20-12-7-13-23-2)19-11-6-10-16-8-4-3-5-9-16/h3-5,8-9,14H,6-7,10-13H2,1-2H3,(H2,19,20,21,22). The highest BCUT2D eigenvalue weighted by Crippen LogP contribution is 2.10. The molecule has 1 aromatic carbocycles. The topological polar surface area (TPSA) is 59.1 Å². The monoisotopic (exact) mass is 314 g/mol. The number of aryl methyl sites for hydroxylation is 2. The highest BCUT2D eigenvalue weighted by Gasteiger charge is 2.02. The maximum absolute atomic E-state index is 5.04. The van der Waals surface area contributed by atoms with E-state index in [9.17, 15) is 0 Å². The molecule has 5 heteroatoms. The second-order valence-electron chi connectivity index (χ2n) is 5.51. The van der Waals surface area contributed by atoms with Gasteiger partial charge in [0.2, 0.25) is 5.95 Å². The largest absolute Gasteiger partial charge is 0.385 e. The molecule has 2 rings (SSSR count). The summed E-state index contributed by atoms with van der Waals surface area (Å²) in [6.45, 7) is 4.43. The Morgan fingerprint density at radius 2 is 1.78 bits per heavy atom. The third-order valence-corrected chi connectivity index (χ3v) is 3.45. The number of rotatable bonds is 10. The molecule has 1 heterocycles. The smallest absolute Gasteiger partial charge is 0.224 e. The van der Waals surface area contributed by atoms with Crippen molar-refractivity contribution in [3.05, 3.63) is 47.7 Å². The van der Waals surface area contributed by atoms with E-state index < -0.39 is 0 Å². The van der Waals surface area contributed by atoms with Crippen LogP contribution in [0.2, 0.25) is 0 Å². The number of hydrogen-bond donors (Lipinski definition) is 2. The first-order chi connectivity index (χ1) is 11.3. The van der Waals surface area contributed by atoms with Crippen molar-refractivity contribution in [2.24, 2.45) is 0 Å². The third kappa shape index (κ3) is 6.65. The highest BCUT2D eigenvalue weighted by molar-refractivity contribution is 5.42. The predicted molar refractivity (Wildman–Crippen MR) is 95.0 cm³/mol. The van der Waals surface area contributed by atoms with Crippen LogP contribution in [0.15, 0.2) is 36.4 Å². The number of hydrogen-bond acceptors (Lipinski definition) is 5. The minimum Gasteiger partial charge on any atom is -0.385 e. The van der Waals surface area contributed by atoms with Crippen molar-refractivity contribution >= 4 is 11.8 Å². The van der Waals surface area contributed by atoms with Crippen LogP contribution in [0.5, 0.6) is 0 Å². The molecule has 1 aromatic heterocycles. The van der Waals surface area contributed by atoms with Crippen LogP contribution in [0.3, 0.4) is 0 Å². The van der Waals surface area contributed by atoms with Crippen LogP contribution >= 0.6 is 0 Å². The summed E-state index contributed by atoms with van der Waals surface area (Å²) in [5.41, 5.74) is 2.33. The van der Waals surface area contributed by atoms with E-state index >= 15 is 0 Å². The lowest BCUT2D eigenvalue weighted by atomic mass is 10.1. The van der Waals surface area contributed by atoms with Crippen LogP contribution in [0, 0.1) is 6.92 Å². The predicted octanol–water partition coefficient (Wildman–Crippen LogP) is 3.28. The summed E-state index contributed by atoms with van der Waals surface area (Å²) in [6, 6.07) is 12.5. The van der Waals surface area contributed by atoms with Crippen LogP contribution in [-0.2, 0) is 11.2 Å². The summed E-state index contributed by atoms with van der Waals surface area (Å²) in [5.74, 6) is 1.55. The fraction of sp³-hybridized carbons (Fsp3) is 0.444. The fourth-order valence-corrected chi connectivity index (χ4v) is 2.31. The average Bonchev–Trinajstić information content (AvgIpc) is 2.56. The zero-order valence-electron chi connectivity index (χ0n) is 14.0. The lowest BCUT2D eigenvalue weighted by Crippen LogP contribution is -2.11. The van der Waals surface area contributed by atoms with Crippen LogP contribution in [-0.4, -0.2) is 36.8 Å². The van der Waals surface area contributed by atoms with Gasteiger partial charge in [-0.15, -0.1) is 0 Å². The van der Waals surface area contributed by atoms with Crippen LogP contribution < -0.4 is 10.6 Å². The van der Waals surface area contributed by atoms with Gasteiger partial charge in [-0.25, -0.2) is 4.98 Å². The van der Waals surface area contributed by atoms with Crippen molar-refractivity contribution in [1.82, 2.24) is 9.97 Å². The molecule has 0 unspecified atom stereocenters. The summed E-state index contributed by atoms with van der Waals surface area (Å²) >= 11 is 0. The maximum atomic E-state index is 5.04. The molecule has 0 saturated carbocycles. The number of methoxy groups -OCH3 is 1. The van der Waals surface area contributed by atoms with Crippen LogP contribution in [0.25, 0.3) is 0 Å². The molecular weight excluding hydrogens is 288 g/mol. The van der Waals surface area contributed by atoms with Gasteiger partial charge in [-0.3, -0.25) is 0 Å². The van der Waals surface area contributed by atoms with Crippen molar-refractivity contribution < 1.29 is 4.74 Å². The number of nitrogens with zero attached hydrogens (tertiary/aromatic N) is 2. The molecular formula is C18H26N4O. The van der Waals surface area contributed by atoms with Gasteiger partial charge in [-0.2, -0.15) is 4.98 Å². The quantitative estimate of drug-likeness (QED) is 0.659. The Labute approximate surface area is 138 Å². The van der Waals surface area contributed by atoms with Gasteiger partial charge in [0.1, 0.15) is 5.82 Å². The first-order valence-electron chi connectivity index (χ1n) is 8.14. The molecule has 23 heavy (non-hydrogen) atoms. The lowest BCUT2D eigenvalue weighted by Gasteiger charge is -2.10. The highest BCUT2D eigenvalue weighted by atomic mass is 16.5. The molecule has 5 nitrogen and oxygen atoms in total. The van der Waals surface area contributed by atoms with Crippen molar-refractivity contribution in [1.29, 1.82) is 0 Å². The van der Waals surface area contributed by atoms with E-state index in [4.69, 9.17) is 4.74 Å². The molecule has 0 aliphatic carbocycles. The molecule has 0 amide bonds. The number of aromatic nitrogens is 2. The Balaban J connectivity index is 1.76. The molecule has 0 atom stereocenters. The van der Waals surface area contributed by atoms with Gasteiger partial charge in [0.25, 0.3) is 0 Å². The van der Waals surface area contributed by atoms with E-state index in [1.807, 2.05) is 19.1 Å². The van der Waals surface area contributed by atoms with E-state index in [1.54, 1.807) is 7.11 Å².